The number of ether oxygens (including phenoxy) is 2. The van der Waals surface area contributed by atoms with Crippen molar-refractivity contribution in [1.29, 1.82) is 0 Å². The molecule has 1 aliphatic rings. The predicted molar refractivity (Wildman–Crippen MR) is 69.1 cm³/mol. The van der Waals surface area contributed by atoms with E-state index in [1.54, 1.807) is 19.1 Å². The van der Waals surface area contributed by atoms with E-state index in [9.17, 15) is 9.18 Å². The van der Waals surface area contributed by atoms with Crippen LogP contribution in [0.5, 0.6) is 0 Å². The maximum atomic E-state index is 13.3. The quantitative estimate of drug-likeness (QED) is 0.607. The average Bonchev–Trinajstić information content (AvgIpc) is 2.98. The third-order valence-electron chi connectivity index (χ3n) is 3.69. The van der Waals surface area contributed by atoms with Crippen LogP contribution >= 0.6 is 0 Å². The number of rotatable bonds is 5. The van der Waals surface area contributed by atoms with E-state index in [2.05, 4.69) is 0 Å². The van der Waals surface area contributed by atoms with Crippen LogP contribution in [0.1, 0.15) is 39.2 Å². The first-order valence-corrected chi connectivity index (χ1v) is 6.63. The molecule has 0 amide bonds. The number of epoxide rings is 1. The van der Waals surface area contributed by atoms with Crippen molar-refractivity contribution in [1.82, 2.24) is 0 Å². The third-order valence-corrected chi connectivity index (χ3v) is 3.69. The summed E-state index contributed by atoms with van der Waals surface area (Å²) in [6.07, 6.45) is 1.36. The zero-order valence-corrected chi connectivity index (χ0v) is 11.5. The standard InChI is InChI=1S/C15H19FO3/c1-4-9-15(13(17)18-5-2)14(3,19-15)11-7-6-8-12(16)10-11/h6-8,10H,4-5,9H2,1-3H3. The van der Waals surface area contributed by atoms with Crippen LogP contribution in [0.4, 0.5) is 4.39 Å². The molecule has 0 N–H and O–H groups in total. The van der Waals surface area contributed by atoms with E-state index in [1.165, 1.54) is 12.1 Å². The van der Waals surface area contributed by atoms with Gasteiger partial charge in [0.15, 0.2) is 5.60 Å². The maximum Gasteiger partial charge on any atom is 0.341 e. The van der Waals surface area contributed by atoms with E-state index in [-0.39, 0.29) is 11.8 Å². The van der Waals surface area contributed by atoms with Gasteiger partial charge in [-0.3, -0.25) is 0 Å². The second kappa shape index (κ2) is 4.93. The average molecular weight is 266 g/mol. The van der Waals surface area contributed by atoms with Crippen molar-refractivity contribution in [2.75, 3.05) is 6.61 Å². The fraction of sp³-hybridized carbons (Fsp3) is 0.533. The SMILES string of the molecule is CCCC1(C(=O)OCC)OC1(C)c1cccc(F)c1. The normalized spacial score (nSPS) is 29.1. The van der Waals surface area contributed by atoms with Gasteiger partial charge in [0.25, 0.3) is 0 Å². The van der Waals surface area contributed by atoms with Gasteiger partial charge in [-0.1, -0.05) is 25.5 Å². The molecule has 4 heteroatoms. The fourth-order valence-corrected chi connectivity index (χ4v) is 2.63. The lowest BCUT2D eigenvalue weighted by Crippen LogP contribution is -2.33. The van der Waals surface area contributed by atoms with Gasteiger partial charge in [-0.2, -0.15) is 0 Å². The number of hydrogen-bond donors (Lipinski definition) is 0. The van der Waals surface area contributed by atoms with Gasteiger partial charge in [-0.15, -0.1) is 0 Å². The molecular weight excluding hydrogens is 247 g/mol. The molecule has 2 rings (SSSR count). The smallest absolute Gasteiger partial charge is 0.341 e. The summed E-state index contributed by atoms with van der Waals surface area (Å²) < 4.78 is 24.2. The molecule has 19 heavy (non-hydrogen) atoms. The van der Waals surface area contributed by atoms with Crippen LogP contribution < -0.4 is 0 Å². The van der Waals surface area contributed by atoms with Crippen molar-refractivity contribution < 1.29 is 18.7 Å². The van der Waals surface area contributed by atoms with Crippen LogP contribution in [0.25, 0.3) is 0 Å². The largest absolute Gasteiger partial charge is 0.464 e. The second-order valence-corrected chi connectivity index (χ2v) is 4.94. The molecule has 0 bridgehead atoms. The van der Waals surface area contributed by atoms with Gasteiger partial charge in [0.2, 0.25) is 0 Å². The number of benzene rings is 1. The first kappa shape index (κ1) is 14.0. The van der Waals surface area contributed by atoms with E-state index < -0.39 is 11.2 Å². The lowest BCUT2D eigenvalue weighted by atomic mass is 9.84. The molecule has 0 spiro atoms. The highest BCUT2D eigenvalue weighted by molar-refractivity contribution is 5.85. The van der Waals surface area contributed by atoms with Gasteiger partial charge in [-0.05, 0) is 38.0 Å². The van der Waals surface area contributed by atoms with E-state index in [1.807, 2.05) is 13.8 Å². The molecule has 0 radical (unpaired) electrons. The molecule has 1 fully saturated rings. The van der Waals surface area contributed by atoms with Gasteiger partial charge in [0, 0.05) is 0 Å². The summed E-state index contributed by atoms with van der Waals surface area (Å²) in [4.78, 5) is 12.2. The molecule has 0 aliphatic carbocycles. The molecular formula is C15H19FO3. The number of esters is 1. The topological polar surface area (TPSA) is 38.8 Å². The maximum absolute atomic E-state index is 13.3. The predicted octanol–water partition coefficient (Wildman–Crippen LogP) is 3.17. The summed E-state index contributed by atoms with van der Waals surface area (Å²) >= 11 is 0. The minimum Gasteiger partial charge on any atom is -0.464 e. The Balaban J connectivity index is 2.32. The number of carbonyl (C=O) groups is 1. The minimum absolute atomic E-state index is 0.312. The first-order valence-electron chi connectivity index (χ1n) is 6.63. The fourth-order valence-electron chi connectivity index (χ4n) is 2.63. The van der Waals surface area contributed by atoms with Crippen molar-refractivity contribution >= 4 is 5.97 Å². The van der Waals surface area contributed by atoms with E-state index >= 15 is 0 Å². The van der Waals surface area contributed by atoms with Gasteiger partial charge in [0.05, 0.1) is 6.61 Å². The highest BCUT2D eigenvalue weighted by Gasteiger charge is 2.73. The molecule has 1 aromatic carbocycles. The van der Waals surface area contributed by atoms with E-state index in [0.29, 0.717) is 18.6 Å². The third kappa shape index (κ3) is 2.14. The molecule has 0 saturated carbocycles. The minimum atomic E-state index is -0.967. The van der Waals surface area contributed by atoms with Crippen LogP contribution in [0.2, 0.25) is 0 Å². The summed E-state index contributed by atoms with van der Waals surface area (Å²) in [5.74, 6) is -0.688. The van der Waals surface area contributed by atoms with Gasteiger partial charge >= 0.3 is 5.97 Å². The molecule has 1 saturated heterocycles. The summed E-state index contributed by atoms with van der Waals surface area (Å²) in [6, 6.07) is 6.19. The lowest BCUT2D eigenvalue weighted by Gasteiger charge is -2.15. The zero-order valence-electron chi connectivity index (χ0n) is 11.5. The molecule has 1 aromatic rings. The Morgan fingerprint density at radius 3 is 2.74 bits per heavy atom. The van der Waals surface area contributed by atoms with Gasteiger partial charge in [0.1, 0.15) is 11.4 Å². The van der Waals surface area contributed by atoms with E-state index in [4.69, 9.17) is 9.47 Å². The van der Waals surface area contributed by atoms with Gasteiger partial charge in [-0.25, -0.2) is 9.18 Å². The molecule has 2 unspecified atom stereocenters. The molecule has 3 nitrogen and oxygen atoms in total. The number of hydrogen-bond acceptors (Lipinski definition) is 3. The zero-order chi connectivity index (χ0) is 14.1. The highest BCUT2D eigenvalue weighted by atomic mass is 19.1. The summed E-state index contributed by atoms with van der Waals surface area (Å²) in [5.41, 5.74) is -1.09. The molecule has 1 aliphatic heterocycles. The lowest BCUT2D eigenvalue weighted by molar-refractivity contribution is -0.149. The van der Waals surface area contributed by atoms with Crippen LogP contribution in [-0.4, -0.2) is 18.2 Å². The van der Waals surface area contributed by atoms with Crippen LogP contribution in [0.15, 0.2) is 24.3 Å². The summed E-state index contributed by atoms with van der Waals surface area (Å²) in [6.45, 7) is 5.87. The highest BCUT2D eigenvalue weighted by Crippen LogP contribution is 2.58. The van der Waals surface area contributed by atoms with Crippen LogP contribution in [-0.2, 0) is 19.9 Å². The Morgan fingerprint density at radius 1 is 1.42 bits per heavy atom. The Bertz CT molecular complexity index is 488. The Kier molecular flexibility index (Phi) is 3.63. The van der Waals surface area contributed by atoms with Crippen molar-refractivity contribution in [2.24, 2.45) is 0 Å². The van der Waals surface area contributed by atoms with Crippen LogP contribution in [0, 0.1) is 5.82 Å². The molecule has 1 heterocycles. The monoisotopic (exact) mass is 266 g/mol. The van der Waals surface area contributed by atoms with Crippen molar-refractivity contribution in [3.63, 3.8) is 0 Å². The van der Waals surface area contributed by atoms with Crippen molar-refractivity contribution in [2.45, 2.75) is 44.8 Å². The Morgan fingerprint density at radius 2 is 2.16 bits per heavy atom. The number of carbonyl (C=O) groups excluding carboxylic acids is 1. The first-order chi connectivity index (χ1) is 9.00. The van der Waals surface area contributed by atoms with Gasteiger partial charge < -0.3 is 9.47 Å². The summed E-state index contributed by atoms with van der Waals surface area (Å²) in [5, 5.41) is 0. The second-order valence-electron chi connectivity index (χ2n) is 4.94. The van der Waals surface area contributed by atoms with Crippen molar-refractivity contribution in [3.8, 4) is 0 Å². The Labute approximate surface area is 112 Å². The molecule has 2 atom stereocenters. The molecule has 0 aromatic heterocycles. The number of halogens is 1. The van der Waals surface area contributed by atoms with Crippen molar-refractivity contribution in [3.05, 3.63) is 35.6 Å². The molecule has 104 valence electrons. The van der Waals surface area contributed by atoms with Crippen LogP contribution in [0.3, 0.4) is 0 Å². The van der Waals surface area contributed by atoms with E-state index in [0.717, 1.165) is 6.42 Å². The Hall–Kier alpha value is -1.42. The summed E-state index contributed by atoms with van der Waals surface area (Å²) in [7, 11) is 0.